The Kier molecular flexibility index (Phi) is 3.94. The fourth-order valence-electron chi connectivity index (χ4n) is 0.486. The van der Waals surface area contributed by atoms with E-state index in [9.17, 15) is 17.6 Å². The molecular formula is C5H5F4IN2. The number of halogens is 5. The van der Waals surface area contributed by atoms with E-state index in [1.54, 1.807) is 5.32 Å². The molecule has 12 heavy (non-hydrogen) atoms. The topological polar surface area (TPSA) is 35.9 Å². The lowest BCUT2D eigenvalue weighted by atomic mass is 10.4. The van der Waals surface area contributed by atoms with Crippen LogP contribution in [0.15, 0.2) is 9.28 Å². The molecule has 0 radical (unpaired) electrons. The standard InChI is InChI=1S/C5H5F4IN2/c1-12-3(5(7,8)9)2(10)4(6)11/h11-12H,1H3/b3-2+,11-4?. The molecule has 0 saturated heterocycles. The number of alkyl halides is 3. The number of hydrogen-bond acceptors (Lipinski definition) is 2. The van der Waals surface area contributed by atoms with Gasteiger partial charge in [-0.1, -0.05) is 0 Å². The summed E-state index contributed by atoms with van der Waals surface area (Å²) in [7, 11) is 1.02. The van der Waals surface area contributed by atoms with Gasteiger partial charge in [0.2, 0.25) is 5.97 Å². The van der Waals surface area contributed by atoms with Crippen LogP contribution >= 0.6 is 22.6 Å². The molecule has 0 amide bonds. The Morgan fingerprint density at radius 3 is 1.92 bits per heavy atom. The average molecular weight is 296 g/mol. The number of nitrogens with one attached hydrogen (secondary N) is 2. The molecule has 0 aliphatic heterocycles. The second-order valence-corrected chi connectivity index (χ2v) is 2.83. The summed E-state index contributed by atoms with van der Waals surface area (Å²) in [6.07, 6.45) is -4.65. The van der Waals surface area contributed by atoms with Crippen LogP contribution in [0.4, 0.5) is 17.6 Å². The summed E-state index contributed by atoms with van der Waals surface area (Å²) < 4.78 is 47.1. The van der Waals surface area contributed by atoms with Gasteiger partial charge in [-0.2, -0.15) is 17.6 Å². The van der Waals surface area contributed by atoms with E-state index >= 15 is 0 Å². The van der Waals surface area contributed by atoms with Gasteiger partial charge in [0, 0.05) is 7.05 Å². The first-order valence-corrected chi connectivity index (χ1v) is 3.77. The van der Waals surface area contributed by atoms with Crippen molar-refractivity contribution in [2.75, 3.05) is 7.05 Å². The molecule has 0 aromatic carbocycles. The summed E-state index contributed by atoms with van der Waals surface area (Å²) in [5, 5.41) is 8.13. The second kappa shape index (κ2) is 4.06. The van der Waals surface area contributed by atoms with E-state index in [1.807, 2.05) is 0 Å². The molecule has 0 fully saturated rings. The zero-order valence-corrected chi connectivity index (χ0v) is 8.05. The van der Waals surface area contributed by atoms with Crippen LogP contribution in [-0.4, -0.2) is 19.2 Å². The Labute approximate surface area is 79.7 Å². The highest BCUT2D eigenvalue weighted by atomic mass is 127. The fraction of sp³-hybridized carbons (Fsp3) is 0.400. The molecule has 70 valence electrons. The van der Waals surface area contributed by atoms with Crippen molar-refractivity contribution in [3.8, 4) is 0 Å². The molecule has 0 saturated carbocycles. The third-order valence-electron chi connectivity index (χ3n) is 0.946. The van der Waals surface area contributed by atoms with E-state index in [4.69, 9.17) is 5.41 Å². The van der Waals surface area contributed by atoms with E-state index in [2.05, 4.69) is 0 Å². The van der Waals surface area contributed by atoms with Crippen molar-refractivity contribution in [2.45, 2.75) is 6.18 Å². The van der Waals surface area contributed by atoms with Crippen LogP contribution in [0.1, 0.15) is 0 Å². The number of allylic oxidation sites excluding steroid dienone is 2. The molecule has 0 bridgehead atoms. The second-order valence-electron chi connectivity index (χ2n) is 1.75. The van der Waals surface area contributed by atoms with Crippen LogP contribution in [0.3, 0.4) is 0 Å². The number of rotatable bonds is 2. The quantitative estimate of drug-likeness (QED) is 0.458. The molecule has 0 aromatic heterocycles. The molecular weight excluding hydrogens is 291 g/mol. The van der Waals surface area contributed by atoms with Gasteiger partial charge >= 0.3 is 6.18 Å². The van der Waals surface area contributed by atoms with Crippen molar-refractivity contribution in [3.05, 3.63) is 9.28 Å². The summed E-state index contributed by atoms with van der Waals surface area (Å²) in [5.41, 5.74) is -1.24. The third-order valence-corrected chi connectivity index (χ3v) is 1.96. The molecule has 0 aliphatic rings. The van der Waals surface area contributed by atoms with Crippen molar-refractivity contribution in [1.82, 2.24) is 5.32 Å². The predicted molar refractivity (Wildman–Crippen MR) is 45.0 cm³/mol. The predicted octanol–water partition coefficient (Wildman–Crippen LogP) is 2.36. The van der Waals surface area contributed by atoms with Gasteiger partial charge in [-0.3, -0.25) is 5.41 Å². The minimum Gasteiger partial charge on any atom is -0.383 e. The lowest BCUT2D eigenvalue weighted by Crippen LogP contribution is -2.25. The summed E-state index contributed by atoms with van der Waals surface area (Å²) >= 11 is 1.12. The zero-order valence-electron chi connectivity index (χ0n) is 5.89. The highest BCUT2D eigenvalue weighted by molar-refractivity contribution is 14.1. The van der Waals surface area contributed by atoms with Crippen LogP contribution in [0.2, 0.25) is 0 Å². The molecule has 0 rings (SSSR count). The lowest BCUT2D eigenvalue weighted by Gasteiger charge is -2.11. The van der Waals surface area contributed by atoms with Crippen LogP contribution in [-0.2, 0) is 0 Å². The molecule has 0 spiro atoms. The Morgan fingerprint density at radius 2 is 1.83 bits per heavy atom. The van der Waals surface area contributed by atoms with Gasteiger partial charge in [0.25, 0.3) is 0 Å². The summed E-state index contributed by atoms with van der Waals surface area (Å²) in [6, 6.07) is 0. The fourth-order valence-corrected chi connectivity index (χ4v) is 1.06. The maximum absolute atomic E-state index is 12.0. The van der Waals surface area contributed by atoms with E-state index in [-0.39, 0.29) is 0 Å². The van der Waals surface area contributed by atoms with Crippen LogP contribution < -0.4 is 5.32 Å². The van der Waals surface area contributed by atoms with Gasteiger partial charge in [0.05, 0.1) is 3.58 Å². The minimum absolute atomic E-state index is 0.775. The van der Waals surface area contributed by atoms with E-state index < -0.39 is 21.4 Å². The largest absolute Gasteiger partial charge is 0.432 e. The summed E-state index contributed by atoms with van der Waals surface area (Å²) in [4.78, 5) is 0. The smallest absolute Gasteiger partial charge is 0.383 e. The Balaban J connectivity index is 5.01. The molecule has 0 atom stereocenters. The first kappa shape index (κ1) is 11.7. The maximum atomic E-state index is 12.0. The van der Waals surface area contributed by atoms with Crippen molar-refractivity contribution in [2.24, 2.45) is 0 Å². The lowest BCUT2D eigenvalue weighted by molar-refractivity contribution is -0.0960. The molecule has 2 nitrogen and oxygen atoms in total. The summed E-state index contributed by atoms with van der Waals surface area (Å²) in [5.74, 6) is -1.60. The first-order valence-electron chi connectivity index (χ1n) is 2.69. The van der Waals surface area contributed by atoms with Crippen molar-refractivity contribution >= 4 is 28.6 Å². The van der Waals surface area contributed by atoms with Gasteiger partial charge < -0.3 is 5.32 Å². The number of hydrogen-bond donors (Lipinski definition) is 2. The van der Waals surface area contributed by atoms with Gasteiger partial charge in [-0.15, -0.1) is 0 Å². The van der Waals surface area contributed by atoms with Gasteiger partial charge in [-0.05, 0) is 22.6 Å². The van der Waals surface area contributed by atoms with Gasteiger partial charge in [0.1, 0.15) is 5.70 Å². The highest BCUT2D eigenvalue weighted by Crippen LogP contribution is 2.29. The molecule has 0 aromatic rings. The van der Waals surface area contributed by atoms with E-state index in [0.29, 0.717) is 0 Å². The van der Waals surface area contributed by atoms with Gasteiger partial charge in [-0.25, -0.2) is 0 Å². The van der Waals surface area contributed by atoms with Crippen molar-refractivity contribution < 1.29 is 17.6 Å². The average Bonchev–Trinajstić information content (AvgIpc) is 1.85. The zero-order chi connectivity index (χ0) is 9.94. The summed E-state index contributed by atoms with van der Waals surface area (Å²) in [6.45, 7) is 0. The maximum Gasteiger partial charge on any atom is 0.432 e. The van der Waals surface area contributed by atoms with E-state index in [0.717, 1.165) is 29.6 Å². The highest BCUT2D eigenvalue weighted by Gasteiger charge is 2.36. The first-order chi connectivity index (χ1) is 5.30. The molecule has 0 heterocycles. The van der Waals surface area contributed by atoms with Gasteiger partial charge in [0.15, 0.2) is 0 Å². The minimum atomic E-state index is -4.65. The van der Waals surface area contributed by atoms with Crippen LogP contribution in [0.25, 0.3) is 0 Å². The SMILES string of the molecule is CN/C(=C(/I)C(=N)F)C(F)(F)F. The van der Waals surface area contributed by atoms with Crippen LogP contribution in [0, 0.1) is 5.41 Å². The van der Waals surface area contributed by atoms with Crippen LogP contribution in [0.5, 0.6) is 0 Å². The molecule has 7 heteroatoms. The molecule has 2 N–H and O–H groups in total. The van der Waals surface area contributed by atoms with Crippen molar-refractivity contribution in [1.29, 1.82) is 5.41 Å². The molecule has 0 unspecified atom stereocenters. The Hall–Kier alpha value is -0.340. The normalized spacial score (nSPS) is 13.8. The third kappa shape index (κ3) is 2.95. The van der Waals surface area contributed by atoms with Crippen molar-refractivity contribution in [3.63, 3.8) is 0 Å². The molecule has 0 aliphatic carbocycles. The Bertz CT molecular complexity index is 220. The van der Waals surface area contributed by atoms with E-state index in [1.165, 1.54) is 0 Å². The Morgan fingerprint density at radius 1 is 1.42 bits per heavy atom. The monoisotopic (exact) mass is 296 g/mol.